The lowest BCUT2D eigenvalue weighted by atomic mass is 10.3. The van der Waals surface area contributed by atoms with Gasteiger partial charge in [0.2, 0.25) is 5.95 Å². The van der Waals surface area contributed by atoms with Crippen molar-refractivity contribution in [2.24, 2.45) is 0 Å². The number of rotatable bonds is 5. The Morgan fingerprint density at radius 1 is 1.16 bits per heavy atom. The maximum atomic E-state index is 5.86. The molecular formula is C14H17ClN4. The number of halogens is 1. The van der Waals surface area contributed by atoms with Gasteiger partial charge in [-0.15, -0.1) is 0 Å². The standard InChI is InChI=1S/C14H17ClN4/c1-3-8-16-14-17-10(2)9-13(19-14)18-12-6-4-11(15)5-7-12/h4-7,9H,3,8H2,1-2H3,(H2,16,17,18,19). The van der Waals surface area contributed by atoms with Crippen LogP contribution in [0.1, 0.15) is 19.0 Å². The lowest BCUT2D eigenvalue weighted by Crippen LogP contribution is -2.06. The van der Waals surface area contributed by atoms with Crippen LogP contribution in [0.15, 0.2) is 30.3 Å². The molecule has 100 valence electrons. The summed E-state index contributed by atoms with van der Waals surface area (Å²) in [4.78, 5) is 8.77. The molecule has 0 aliphatic carbocycles. The quantitative estimate of drug-likeness (QED) is 0.866. The third kappa shape index (κ3) is 4.10. The van der Waals surface area contributed by atoms with Crippen LogP contribution in [0.2, 0.25) is 5.02 Å². The Hall–Kier alpha value is -1.81. The molecule has 0 aliphatic rings. The molecule has 1 heterocycles. The Kier molecular flexibility index (Phi) is 4.58. The highest BCUT2D eigenvalue weighted by Gasteiger charge is 2.02. The molecule has 19 heavy (non-hydrogen) atoms. The number of nitrogens with zero attached hydrogens (tertiary/aromatic N) is 2. The molecule has 0 radical (unpaired) electrons. The molecule has 2 aromatic rings. The summed E-state index contributed by atoms with van der Waals surface area (Å²) in [6.45, 7) is 4.92. The van der Waals surface area contributed by atoms with Gasteiger partial charge < -0.3 is 10.6 Å². The van der Waals surface area contributed by atoms with Gasteiger partial charge in [-0.1, -0.05) is 18.5 Å². The molecular weight excluding hydrogens is 260 g/mol. The minimum Gasteiger partial charge on any atom is -0.354 e. The highest BCUT2D eigenvalue weighted by molar-refractivity contribution is 6.30. The maximum absolute atomic E-state index is 5.86. The maximum Gasteiger partial charge on any atom is 0.224 e. The summed E-state index contributed by atoms with van der Waals surface area (Å²) in [6, 6.07) is 9.42. The average Bonchev–Trinajstić information content (AvgIpc) is 2.38. The molecule has 4 nitrogen and oxygen atoms in total. The van der Waals surface area contributed by atoms with E-state index in [1.165, 1.54) is 0 Å². The van der Waals surface area contributed by atoms with Gasteiger partial charge >= 0.3 is 0 Å². The van der Waals surface area contributed by atoms with Gasteiger partial charge in [0, 0.05) is 29.0 Å². The predicted molar refractivity (Wildman–Crippen MR) is 80.3 cm³/mol. The average molecular weight is 277 g/mol. The molecule has 0 spiro atoms. The van der Waals surface area contributed by atoms with Gasteiger partial charge in [0.25, 0.3) is 0 Å². The summed E-state index contributed by atoms with van der Waals surface area (Å²) in [7, 11) is 0. The second-order valence-electron chi connectivity index (χ2n) is 4.28. The summed E-state index contributed by atoms with van der Waals surface area (Å²) in [5.41, 5.74) is 1.87. The Bertz CT molecular complexity index is 540. The summed E-state index contributed by atoms with van der Waals surface area (Å²) in [5, 5.41) is 7.14. The van der Waals surface area contributed by atoms with Gasteiger partial charge in [0.05, 0.1) is 0 Å². The minimum atomic E-state index is 0.651. The largest absolute Gasteiger partial charge is 0.354 e. The number of hydrogen-bond acceptors (Lipinski definition) is 4. The fourth-order valence-corrected chi connectivity index (χ4v) is 1.76. The first kappa shape index (κ1) is 13.6. The van der Waals surface area contributed by atoms with Gasteiger partial charge in [-0.25, -0.2) is 4.98 Å². The first-order valence-corrected chi connectivity index (χ1v) is 6.67. The van der Waals surface area contributed by atoms with Crippen molar-refractivity contribution < 1.29 is 0 Å². The second kappa shape index (κ2) is 6.38. The summed E-state index contributed by atoms with van der Waals surface area (Å²) < 4.78 is 0. The molecule has 0 fully saturated rings. The summed E-state index contributed by atoms with van der Waals surface area (Å²) in [6.07, 6.45) is 1.04. The van der Waals surface area contributed by atoms with E-state index in [-0.39, 0.29) is 0 Å². The Balaban J connectivity index is 2.15. The zero-order valence-corrected chi connectivity index (χ0v) is 11.8. The van der Waals surface area contributed by atoms with E-state index < -0.39 is 0 Å². The number of aryl methyl sites for hydroxylation is 1. The van der Waals surface area contributed by atoms with E-state index in [9.17, 15) is 0 Å². The fourth-order valence-electron chi connectivity index (χ4n) is 1.63. The van der Waals surface area contributed by atoms with E-state index in [4.69, 9.17) is 11.6 Å². The molecule has 2 rings (SSSR count). The lowest BCUT2D eigenvalue weighted by Gasteiger charge is -2.09. The van der Waals surface area contributed by atoms with Crippen LogP contribution in [-0.4, -0.2) is 16.5 Å². The van der Waals surface area contributed by atoms with Crippen molar-refractivity contribution in [3.05, 3.63) is 41.0 Å². The molecule has 5 heteroatoms. The van der Waals surface area contributed by atoms with Crippen molar-refractivity contribution in [1.82, 2.24) is 9.97 Å². The van der Waals surface area contributed by atoms with E-state index in [0.29, 0.717) is 5.95 Å². The van der Waals surface area contributed by atoms with Crippen LogP contribution in [0.3, 0.4) is 0 Å². The van der Waals surface area contributed by atoms with Crippen molar-refractivity contribution in [2.45, 2.75) is 20.3 Å². The Labute approximate surface area is 118 Å². The van der Waals surface area contributed by atoms with Crippen LogP contribution >= 0.6 is 11.6 Å². The van der Waals surface area contributed by atoms with E-state index in [0.717, 1.165) is 35.2 Å². The van der Waals surface area contributed by atoms with Crippen LogP contribution in [0.25, 0.3) is 0 Å². The first-order chi connectivity index (χ1) is 9.17. The third-order valence-corrected chi connectivity index (χ3v) is 2.76. The van der Waals surface area contributed by atoms with E-state index >= 15 is 0 Å². The number of anilines is 3. The minimum absolute atomic E-state index is 0.651. The van der Waals surface area contributed by atoms with Crippen LogP contribution in [0, 0.1) is 6.92 Å². The molecule has 0 saturated heterocycles. The predicted octanol–water partition coefficient (Wildman–Crippen LogP) is 4.00. The van der Waals surface area contributed by atoms with Gasteiger partial charge in [-0.3, -0.25) is 0 Å². The molecule has 0 saturated carbocycles. The van der Waals surface area contributed by atoms with Crippen LogP contribution < -0.4 is 10.6 Å². The second-order valence-corrected chi connectivity index (χ2v) is 4.71. The van der Waals surface area contributed by atoms with E-state index in [2.05, 4.69) is 27.5 Å². The van der Waals surface area contributed by atoms with Gasteiger partial charge in [-0.2, -0.15) is 4.98 Å². The summed E-state index contributed by atoms with van der Waals surface area (Å²) >= 11 is 5.86. The van der Waals surface area contributed by atoms with Crippen molar-refractivity contribution in [3.63, 3.8) is 0 Å². The molecule has 1 aromatic carbocycles. The molecule has 0 atom stereocenters. The zero-order chi connectivity index (χ0) is 13.7. The molecule has 0 aliphatic heterocycles. The van der Waals surface area contributed by atoms with Crippen LogP contribution in [0.5, 0.6) is 0 Å². The monoisotopic (exact) mass is 276 g/mol. The Morgan fingerprint density at radius 2 is 1.89 bits per heavy atom. The topological polar surface area (TPSA) is 49.8 Å². The van der Waals surface area contributed by atoms with Gasteiger partial charge in [0.1, 0.15) is 5.82 Å². The smallest absolute Gasteiger partial charge is 0.224 e. The van der Waals surface area contributed by atoms with Crippen molar-refractivity contribution in [3.8, 4) is 0 Å². The first-order valence-electron chi connectivity index (χ1n) is 6.29. The summed E-state index contributed by atoms with van der Waals surface area (Å²) in [5.74, 6) is 1.42. The number of benzene rings is 1. The van der Waals surface area contributed by atoms with Crippen LogP contribution in [-0.2, 0) is 0 Å². The van der Waals surface area contributed by atoms with E-state index in [1.54, 1.807) is 0 Å². The Morgan fingerprint density at radius 3 is 2.58 bits per heavy atom. The van der Waals surface area contributed by atoms with Crippen molar-refractivity contribution in [2.75, 3.05) is 17.2 Å². The van der Waals surface area contributed by atoms with Gasteiger partial charge in [-0.05, 0) is 37.6 Å². The zero-order valence-electron chi connectivity index (χ0n) is 11.1. The third-order valence-electron chi connectivity index (χ3n) is 2.50. The number of nitrogens with one attached hydrogen (secondary N) is 2. The van der Waals surface area contributed by atoms with Crippen molar-refractivity contribution in [1.29, 1.82) is 0 Å². The van der Waals surface area contributed by atoms with E-state index in [1.807, 2.05) is 37.3 Å². The van der Waals surface area contributed by atoms with Gasteiger partial charge in [0.15, 0.2) is 0 Å². The molecule has 0 amide bonds. The fraction of sp³-hybridized carbons (Fsp3) is 0.286. The van der Waals surface area contributed by atoms with Crippen LogP contribution in [0.4, 0.5) is 17.5 Å². The molecule has 1 aromatic heterocycles. The SMILES string of the molecule is CCCNc1nc(C)cc(Nc2ccc(Cl)cc2)n1. The lowest BCUT2D eigenvalue weighted by molar-refractivity contribution is 0.947. The normalized spacial score (nSPS) is 10.3. The number of aromatic nitrogens is 2. The van der Waals surface area contributed by atoms with Crippen molar-refractivity contribution >= 4 is 29.1 Å². The molecule has 2 N–H and O–H groups in total. The number of hydrogen-bond donors (Lipinski definition) is 2. The highest BCUT2D eigenvalue weighted by atomic mass is 35.5. The molecule has 0 unspecified atom stereocenters. The molecule has 0 bridgehead atoms. The highest BCUT2D eigenvalue weighted by Crippen LogP contribution is 2.18.